The van der Waals surface area contributed by atoms with E-state index in [1.807, 2.05) is 66.7 Å². The molecule has 0 aromatic heterocycles. The number of carboxylic acids is 1. The molecule has 0 saturated heterocycles. The van der Waals surface area contributed by atoms with Crippen molar-refractivity contribution >= 4 is 28.8 Å². The second-order valence-electron chi connectivity index (χ2n) is 7.53. The lowest BCUT2D eigenvalue weighted by Crippen LogP contribution is -2.37. The highest BCUT2D eigenvalue weighted by Crippen LogP contribution is 2.59. The Labute approximate surface area is 161 Å². The Morgan fingerprint density at radius 3 is 1.41 bits per heavy atom. The third-order valence-electron chi connectivity index (χ3n) is 4.88. The van der Waals surface area contributed by atoms with Gasteiger partial charge in [-0.25, -0.2) is 4.79 Å². The number of hydrogen-bond acceptors (Lipinski definition) is 1. The standard InChI is InChI=1S/C24H25O2P/c1-24(2,3)27(20-15-9-5-10-16-20,21-17-11-6-12-18-21)22(23(25)26)19-13-7-4-8-14-19/h4-18H,1-3H3,(H,25,26). The van der Waals surface area contributed by atoms with Gasteiger partial charge in [-0.05, 0) is 28.2 Å². The average molecular weight is 376 g/mol. The van der Waals surface area contributed by atoms with Gasteiger partial charge >= 0.3 is 5.97 Å². The molecule has 138 valence electrons. The van der Waals surface area contributed by atoms with E-state index in [-0.39, 0.29) is 5.16 Å². The van der Waals surface area contributed by atoms with Gasteiger partial charge in [0, 0.05) is 0 Å². The van der Waals surface area contributed by atoms with Crippen molar-refractivity contribution in [3.8, 4) is 0 Å². The molecule has 0 bridgehead atoms. The summed E-state index contributed by atoms with van der Waals surface area (Å²) in [5.41, 5.74) is 0.779. The molecule has 3 aromatic carbocycles. The Kier molecular flexibility index (Phi) is 5.39. The van der Waals surface area contributed by atoms with E-state index >= 15 is 0 Å². The number of rotatable bonds is 4. The SMILES string of the molecule is CC(C)(C)P(=C(C(=O)O)c1ccccc1)(c1ccccc1)c1ccccc1. The van der Waals surface area contributed by atoms with E-state index in [9.17, 15) is 9.90 Å². The Morgan fingerprint density at radius 1 is 0.704 bits per heavy atom. The molecular formula is C24H25O2P. The Morgan fingerprint density at radius 2 is 1.07 bits per heavy atom. The molecule has 0 atom stereocenters. The fourth-order valence-corrected chi connectivity index (χ4v) is 8.97. The van der Waals surface area contributed by atoms with Gasteiger partial charge < -0.3 is 5.11 Å². The molecule has 0 heterocycles. The molecule has 0 amide bonds. The smallest absolute Gasteiger partial charge is 0.337 e. The lowest BCUT2D eigenvalue weighted by molar-refractivity contribution is -0.129. The van der Waals surface area contributed by atoms with E-state index < -0.39 is 12.9 Å². The first-order valence-corrected chi connectivity index (χ1v) is 10.8. The normalized spacial score (nSPS) is 11.8. The number of hydrogen-bond donors (Lipinski definition) is 1. The van der Waals surface area contributed by atoms with Crippen LogP contribution in [0.15, 0.2) is 91.0 Å². The van der Waals surface area contributed by atoms with Crippen molar-refractivity contribution in [3.63, 3.8) is 0 Å². The molecule has 2 nitrogen and oxygen atoms in total. The molecule has 0 fully saturated rings. The number of benzene rings is 3. The van der Waals surface area contributed by atoms with Crippen LogP contribution in [0.1, 0.15) is 26.3 Å². The van der Waals surface area contributed by atoms with Gasteiger partial charge in [0.1, 0.15) is 0 Å². The van der Waals surface area contributed by atoms with Crippen LogP contribution in [0.25, 0.3) is 0 Å². The number of aliphatic carboxylic acids is 1. The summed E-state index contributed by atoms with van der Waals surface area (Å²) < 4.78 is 0. The molecule has 0 spiro atoms. The summed E-state index contributed by atoms with van der Waals surface area (Å²) >= 11 is 0. The largest absolute Gasteiger partial charge is 0.478 e. The zero-order valence-electron chi connectivity index (χ0n) is 16.0. The van der Waals surface area contributed by atoms with E-state index in [0.29, 0.717) is 5.29 Å². The minimum Gasteiger partial charge on any atom is -0.478 e. The second-order valence-corrected chi connectivity index (χ2v) is 11.7. The van der Waals surface area contributed by atoms with Crippen LogP contribution in [0.4, 0.5) is 0 Å². The van der Waals surface area contributed by atoms with Crippen LogP contribution in [0, 0.1) is 0 Å². The van der Waals surface area contributed by atoms with E-state index in [1.165, 1.54) is 0 Å². The summed E-state index contributed by atoms with van der Waals surface area (Å²) in [6.45, 7) is 4.02. The van der Waals surface area contributed by atoms with Gasteiger partial charge in [0.15, 0.2) is 0 Å². The fraction of sp³-hybridized carbons (Fsp3) is 0.167. The molecule has 3 aromatic rings. The van der Waals surface area contributed by atoms with Gasteiger partial charge in [0.05, 0.1) is 5.29 Å². The lowest BCUT2D eigenvalue weighted by atomic mass is 10.1. The van der Waals surface area contributed by atoms with Crippen molar-refractivity contribution in [3.05, 3.63) is 96.6 Å². The molecule has 0 aliphatic carbocycles. The summed E-state index contributed by atoms with van der Waals surface area (Å²) in [5.74, 6) is -0.850. The molecule has 0 aliphatic rings. The van der Waals surface area contributed by atoms with E-state index in [0.717, 1.165) is 16.2 Å². The van der Waals surface area contributed by atoms with Crippen molar-refractivity contribution in [2.45, 2.75) is 25.9 Å². The molecule has 27 heavy (non-hydrogen) atoms. The van der Waals surface area contributed by atoms with Crippen LogP contribution in [0.2, 0.25) is 0 Å². The van der Waals surface area contributed by atoms with Gasteiger partial charge in [-0.15, -0.1) is 0 Å². The van der Waals surface area contributed by atoms with Crippen molar-refractivity contribution in [2.24, 2.45) is 0 Å². The van der Waals surface area contributed by atoms with E-state index in [1.54, 1.807) is 0 Å². The molecule has 0 aliphatic heterocycles. The molecule has 3 rings (SSSR count). The Balaban J connectivity index is 2.64. The monoisotopic (exact) mass is 376 g/mol. The summed E-state index contributed by atoms with van der Waals surface area (Å²) in [7, 11) is 0. The molecule has 0 radical (unpaired) electrons. The Hall–Kier alpha value is -2.57. The first-order valence-electron chi connectivity index (χ1n) is 9.05. The van der Waals surface area contributed by atoms with Crippen LogP contribution in [-0.4, -0.2) is 21.5 Å². The van der Waals surface area contributed by atoms with Gasteiger partial charge in [0.2, 0.25) is 0 Å². The third kappa shape index (κ3) is 3.38. The number of carboxylic acid groups (broad SMARTS) is 1. The highest BCUT2D eigenvalue weighted by molar-refractivity contribution is 7.92. The predicted molar refractivity (Wildman–Crippen MR) is 117 cm³/mol. The highest BCUT2D eigenvalue weighted by Gasteiger charge is 2.41. The first-order chi connectivity index (χ1) is 12.9. The minimum absolute atomic E-state index is 0.279. The quantitative estimate of drug-likeness (QED) is 0.667. The topological polar surface area (TPSA) is 37.3 Å². The average Bonchev–Trinajstić information content (AvgIpc) is 2.66. The van der Waals surface area contributed by atoms with Gasteiger partial charge in [-0.3, -0.25) is 0 Å². The van der Waals surface area contributed by atoms with Crippen molar-refractivity contribution in [2.75, 3.05) is 0 Å². The lowest BCUT2D eigenvalue weighted by Gasteiger charge is -2.42. The maximum atomic E-state index is 12.7. The molecule has 1 N–H and O–H groups in total. The van der Waals surface area contributed by atoms with E-state index in [4.69, 9.17) is 0 Å². The first kappa shape index (κ1) is 19.2. The van der Waals surface area contributed by atoms with Crippen LogP contribution >= 0.6 is 6.89 Å². The summed E-state index contributed by atoms with van der Waals surface area (Å²) in [6, 6.07) is 29.9. The maximum absolute atomic E-state index is 12.7. The minimum atomic E-state index is -2.46. The van der Waals surface area contributed by atoms with Crippen molar-refractivity contribution in [1.29, 1.82) is 0 Å². The molecule has 3 heteroatoms. The van der Waals surface area contributed by atoms with Crippen LogP contribution in [0.5, 0.6) is 0 Å². The number of carbonyl (C=O) groups is 1. The zero-order valence-corrected chi connectivity index (χ0v) is 16.9. The molecular weight excluding hydrogens is 351 g/mol. The van der Waals surface area contributed by atoms with Crippen LogP contribution in [0.3, 0.4) is 0 Å². The summed E-state index contributed by atoms with van der Waals surface area (Å²) in [5, 5.41) is 12.8. The van der Waals surface area contributed by atoms with Gasteiger partial charge in [-0.2, -0.15) is 0 Å². The third-order valence-corrected chi connectivity index (χ3v) is 10.2. The highest BCUT2D eigenvalue weighted by atomic mass is 31.2. The summed E-state index contributed by atoms with van der Waals surface area (Å²) in [6.07, 6.45) is 0. The van der Waals surface area contributed by atoms with Crippen LogP contribution < -0.4 is 10.6 Å². The fourth-order valence-electron chi connectivity index (χ4n) is 3.88. The zero-order chi connectivity index (χ0) is 19.5. The molecule has 0 saturated carbocycles. The second kappa shape index (κ2) is 7.58. The van der Waals surface area contributed by atoms with Gasteiger partial charge in [-0.1, -0.05) is 112 Å². The van der Waals surface area contributed by atoms with E-state index in [2.05, 4.69) is 45.0 Å². The van der Waals surface area contributed by atoms with Crippen molar-refractivity contribution in [1.82, 2.24) is 0 Å². The maximum Gasteiger partial charge on any atom is 0.337 e. The Bertz CT molecular complexity index is 926. The summed E-state index contributed by atoms with van der Waals surface area (Å²) in [4.78, 5) is 12.7. The van der Waals surface area contributed by atoms with Gasteiger partial charge in [0.25, 0.3) is 0 Å². The van der Waals surface area contributed by atoms with Crippen LogP contribution in [-0.2, 0) is 4.79 Å². The predicted octanol–water partition coefficient (Wildman–Crippen LogP) is 4.76. The molecule has 0 unspecified atom stereocenters. The van der Waals surface area contributed by atoms with Crippen molar-refractivity contribution < 1.29 is 9.90 Å².